The number of nitrogens with zero attached hydrogens (tertiary/aromatic N) is 2. The summed E-state index contributed by atoms with van der Waals surface area (Å²) in [7, 11) is 0. The molecule has 0 spiro atoms. The summed E-state index contributed by atoms with van der Waals surface area (Å²) >= 11 is 1.41. The largest absolute Gasteiger partial charge is 0.466 e. The third kappa shape index (κ3) is 5.76. The number of esters is 1. The Morgan fingerprint density at radius 2 is 2.26 bits per heavy atom. The number of nitrogens with one attached hydrogen (secondary N) is 1. The number of fused-ring (bicyclic) bond motifs is 1. The van der Waals surface area contributed by atoms with Crippen LogP contribution in [0.25, 0.3) is 0 Å². The van der Waals surface area contributed by atoms with Crippen LogP contribution in [-0.2, 0) is 27.2 Å². The van der Waals surface area contributed by atoms with Crippen molar-refractivity contribution in [3.8, 4) is 6.07 Å². The number of hydrogen-bond acceptors (Lipinski definition) is 6. The topological polar surface area (TPSA) is 91.6 Å². The fraction of sp³-hybridized carbons (Fsp3) is 0.300. The fourth-order valence-electron chi connectivity index (χ4n) is 2.77. The molecule has 140 valence electrons. The molecule has 0 unspecified atom stereocenters. The normalized spacial score (nSPS) is 15.9. The van der Waals surface area contributed by atoms with E-state index in [4.69, 9.17) is 4.74 Å². The number of aliphatic imine (C=N–C) groups is 1. The predicted molar refractivity (Wildman–Crippen MR) is 107 cm³/mol. The van der Waals surface area contributed by atoms with Crippen LogP contribution in [0, 0.1) is 17.2 Å². The Kier molecular flexibility index (Phi) is 7.26. The lowest BCUT2D eigenvalue weighted by atomic mass is 9.88. The van der Waals surface area contributed by atoms with Gasteiger partial charge in [-0.1, -0.05) is 13.2 Å². The standard InChI is InChI=1S/C20H21N3O3S/c1-4-22-11-13(2)5-8-19(25)23-20-17(10-21)16-7-6-15(9-18(16)27-20)12-26-14(3)24/h4-5,8,11,15H,1-2,6-7,9,12H2,3H3,(H,23,25)/b8-5+,22-11?/t15-/m1/s1. The Hall–Kier alpha value is -2.98. The second-order valence-corrected chi connectivity index (χ2v) is 7.19. The minimum Gasteiger partial charge on any atom is -0.466 e. The van der Waals surface area contributed by atoms with Crippen molar-refractivity contribution in [2.75, 3.05) is 11.9 Å². The molecule has 1 aromatic rings. The summed E-state index contributed by atoms with van der Waals surface area (Å²) in [5, 5.41) is 12.8. The van der Waals surface area contributed by atoms with Crippen molar-refractivity contribution < 1.29 is 14.3 Å². The molecule has 0 fully saturated rings. The van der Waals surface area contributed by atoms with Gasteiger partial charge in [0.2, 0.25) is 5.91 Å². The highest BCUT2D eigenvalue weighted by molar-refractivity contribution is 7.16. The van der Waals surface area contributed by atoms with Crippen LogP contribution >= 0.6 is 11.3 Å². The molecule has 1 aliphatic carbocycles. The van der Waals surface area contributed by atoms with E-state index in [2.05, 4.69) is 29.5 Å². The van der Waals surface area contributed by atoms with E-state index < -0.39 is 0 Å². The summed E-state index contributed by atoms with van der Waals surface area (Å²) in [5.74, 6) is -0.388. The maximum atomic E-state index is 12.1. The van der Waals surface area contributed by atoms with E-state index in [0.29, 0.717) is 22.7 Å². The number of nitriles is 1. The predicted octanol–water partition coefficient (Wildman–Crippen LogP) is 3.55. The monoisotopic (exact) mass is 383 g/mol. The molecule has 0 aliphatic heterocycles. The number of carbonyl (C=O) groups is 2. The van der Waals surface area contributed by atoms with Crippen molar-refractivity contribution in [2.24, 2.45) is 10.9 Å². The first kappa shape index (κ1) is 20.3. The summed E-state index contributed by atoms with van der Waals surface area (Å²) in [4.78, 5) is 28.0. The van der Waals surface area contributed by atoms with Crippen molar-refractivity contribution in [3.63, 3.8) is 0 Å². The van der Waals surface area contributed by atoms with Crippen LogP contribution in [0.3, 0.4) is 0 Å². The molecular weight excluding hydrogens is 362 g/mol. The molecule has 1 amide bonds. The van der Waals surface area contributed by atoms with Gasteiger partial charge in [0.1, 0.15) is 11.1 Å². The minimum absolute atomic E-state index is 0.238. The highest BCUT2D eigenvalue weighted by atomic mass is 32.1. The van der Waals surface area contributed by atoms with E-state index >= 15 is 0 Å². The molecule has 0 aromatic carbocycles. The molecule has 0 bridgehead atoms. The number of rotatable bonds is 7. The summed E-state index contributed by atoms with van der Waals surface area (Å²) in [6.07, 6.45) is 8.08. The molecule has 0 radical (unpaired) electrons. The van der Waals surface area contributed by atoms with Crippen LogP contribution in [0.4, 0.5) is 5.00 Å². The molecule has 7 heteroatoms. The van der Waals surface area contributed by atoms with Crippen molar-refractivity contribution >= 4 is 34.4 Å². The number of ether oxygens (including phenoxy) is 1. The smallest absolute Gasteiger partial charge is 0.302 e. The van der Waals surface area contributed by atoms with Crippen LogP contribution in [0.5, 0.6) is 0 Å². The summed E-state index contributed by atoms with van der Waals surface area (Å²) in [5.41, 5.74) is 2.07. The van der Waals surface area contributed by atoms with Gasteiger partial charge in [0.15, 0.2) is 0 Å². The van der Waals surface area contributed by atoms with Crippen molar-refractivity contribution in [2.45, 2.75) is 26.2 Å². The Morgan fingerprint density at radius 3 is 2.93 bits per heavy atom. The first-order valence-corrected chi connectivity index (χ1v) is 9.26. The molecule has 27 heavy (non-hydrogen) atoms. The van der Waals surface area contributed by atoms with E-state index in [0.717, 1.165) is 29.7 Å². The van der Waals surface area contributed by atoms with Gasteiger partial charge in [0.05, 0.1) is 12.2 Å². The average molecular weight is 383 g/mol. The van der Waals surface area contributed by atoms with Gasteiger partial charge in [-0.25, -0.2) is 0 Å². The summed E-state index contributed by atoms with van der Waals surface area (Å²) in [6, 6.07) is 2.20. The highest BCUT2D eigenvalue weighted by Gasteiger charge is 2.26. The number of allylic oxidation sites excluding steroid dienone is 2. The first-order valence-electron chi connectivity index (χ1n) is 8.44. The maximum Gasteiger partial charge on any atom is 0.302 e. The zero-order valence-corrected chi connectivity index (χ0v) is 16.0. The van der Waals surface area contributed by atoms with Gasteiger partial charge >= 0.3 is 5.97 Å². The SMILES string of the molecule is C=CN=CC(=C)/C=C/C(=O)Nc1sc2c(c1C#N)CC[C@@H](COC(C)=O)C2. The van der Waals surface area contributed by atoms with Crippen LogP contribution in [0.15, 0.2) is 42.1 Å². The van der Waals surface area contributed by atoms with Crippen LogP contribution in [0.2, 0.25) is 0 Å². The number of amides is 1. The van der Waals surface area contributed by atoms with Crippen LogP contribution < -0.4 is 5.32 Å². The Balaban J connectivity index is 2.07. The molecule has 0 saturated carbocycles. The third-order valence-electron chi connectivity index (χ3n) is 4.03. The van der Waals surface area contributed by atoms with Gasteiger partial charge in [-0.15, -0.1) is 11.3 Å². The van der Waals surface area contributed by atoms with Crippen LogP contribution in [0.1, 0.15) is 29.3 Å². The number of anilines is 1. The molecule has 1 N–H and O–H groups in total. The molecule has 2 rings (SSSR count). The quantitative estimate of drug-likeness (QED) is 0.337. The third-order valence-corrected chi connectivity index (χ3v) is 5.20. The second kappa shape index (κ2) is 9.64. The molecule has 1 aliphatic rings. The zero-order chi connectivity index (χ0) is 19.8. The van der Waals surface area contributed by atoms with Gasteiger partial charge in [0, 0.05) is 30.3 Å². The first-order chi connectivity index (χ1) is 12.9. The molecule has 1 atom stereocenters. The lowest BCUT2D eigenvalue weighted by molar-refractivity contribution is -0.142. The zero-order valence-electron chi connectivity index (χ0n) is 15.2. The van der Waals surface area contributed by atoms with Crippen molar-refractivity contribution in [1.29, 1.82) is 5.26 Å². The molecule has 6 nitrogen and oxygen atoms in total. The lowest BCUT2D eigenvalue weighted by Crippen LogP contribution is -2.19. The highest BCUT2D eigenvalue weighted by Crippen LogP contribution is 2.39. The van der Waals surface area contributed by atoms with Gasteiger partial charge in [-0.3, -0.25) is 14.6 Å². The summed E-state index contributed by atoms with van der Waals surface area (Å²) in [6.45, 7) is 8.99. The Bertz CT molecular complexity index is 859. The number of carbonyl (C=O) groups excluding carboxylic acids is 2. The van der Waals surface area contributed by atoms with E-state index in [-0.39, 0.29) is 17.8 Å². The van der Waals surface area contributed by atoms with Crippen molar-refractivity contribution in [3.05, 3.63) is 53.1 Å². The molecular formula is C20H21N3O3S. The minimum atomic E-state index is -0.338. The maximum absolute atomic E-state index is 12.1. The fourth-order valence-corrected chi connectivity index (χ4v) is 4.08. The van der Waals surface area contributed by atoms with Gasteiger partial charge in [-0.2, -0.15) is 5.26 Å². The average Bonchev–Trinajstić information content (AvgIpc) is 2.98. The number of hydrogen-bond donors (Lipinski definition) is 1. The van der Waals surface area contributed by atoms with E-state index in [1.54, 1.807) is 0 Å². The van der Waals surface area contributed by atoms with E-state index in [1.165, 1.54) is 42.8 Å². The van der Waals surface area contributed by atoms with Gasteiger partial charge in [-0.05, 0) is 42.4 Å². The van der Waals surface area contributed by atoms with Gasteiger partial charge in [0.25, 0.3) is 0 Å². The van der Waals surface area contributed by atoms with Crippen LogP contribution in [-0.4, -0.2) is 24.7 Å². The molecule has 0 saturated heterocycles. The summed E-state index contributed by atoms with van der Waals surface area (Å²) < 4.78 is 5.10. The Labute approximate surface area is 162 Å². The molecule has 1 aromatic heterocycles. The van der Waals surface area contributed by atoms with E-state index in [1.807, 2.05) is 0 Å². The van der Waals surface area contributed by atoms with E-state index in [9.17, 15) is 14.9 Å². The number of thiophene rings is 1. The Morgan fingerprint density at radius 1 is 1.48 bits per heavy atom. The van der Waals surface area contributed by atoms with Crippen molar-refractivity contribution in [1.82, 2.24) is 0 Å². The van der Waals surface area contributed by atoms with Gasteiger partial charge < -0.3 is 10.1 Å². The lowest BCUT2D eigenvalue weighted by Gasteiger charge is -2.21. The second-order valence-electron chi connectivity index (χ2n) is 6.09. The molecule has 1 heterocycles.